The highest BCUT2D eigenvalue weighted by Crippen LogP contribution is 2.31. The zero-order valence-corrected chi connectivity index (χ0v) is 23.7. The third-order valence-electron chi connectivity index (χ3n) is 7.27. The Morgan fingerprint density at radius 2 is 1.79 bits per heavy atom. The van der Waals surface area contributed by atoms with Gasteiger partial charge in [0.05, 0.1) is 39.9 Å². The fourth-order valence-corrected chi connectivity index (χ4v) is 6.43. The van der Waals surface area contributed by atoms with Gasteiger partial charge in [0.2, 0.25) is 0 Å². The van der Waals surface area contributed by atoms with Gasteiger partial charge in [-0.3, -0.25) is 19.5 Å². The molecule has 210 valence electrons. The van der Waals surface area contributed by atoms with Crippen LogP contribution >= 0.6 is 11.3 Å². The largest absolute Gasteiger partial charge is 0.463 e. The number of thiazole rings is 1. The third-order valence-corrected chi connectivity index (χ3v) is 8.25. The molecular weight excluding hydrogens is 552 g/mol. The van der Waals surface area contributed by atoms with Crippen LogP contribution in [0, 0.1) is 10.1 Å². The van der Waals surface area contributed by atoms with Gasteiger partial charge in [-0.05, 0) is 37.6 Å². The van der Waals surface area contributed by atoms with Gasteiger partial charge in [0.15, 0.2) is 4.80 Å². The Bertz CT molecular complexity index is 2070. The van der Waals surface area contributed by atoms with Crippen molar-refractivity contribution in [1.82, 2.24) is 9.13 Å². The summed E-state index contributed by atoms with van der Waals surface area (Å²) in [5, 5.41) is 12.7. The molecule has 0 N–H and O–H groups in total. The minimum absolute atomic E-state index is 0.0328. The van der Waals surface area contributed by atoms with Crippen LogP contribution in [0.25, 0.3) is 17.0 Å². The van der Waals surface area contributed by atoms with Gasteiger partial charge in [0, 0.05) is 28.2 Å². The van der Waals surface area contributed by atoms with E-state index in [4.69, 9.17) is 4.74 Å². The Morgan fingerprint density at radius 3 is 2.55 bits per heavy atom. The molecule has 42 heavy (non-hydrogen) atoms. The molecule has 3 aromatic carbocycles. The third kappa shape index (κ3) is 4.75. The lowest BCUT2D eigenvalue weighted by molar-refractivity contribution is -0.385. The standard InChI is InChI=1S/C32H26N4O5S/c1-3-41-31(38)28-20(2)33-32-35(29(28)21-11-5-4-6-12-21)30(37)27(42-32)18-24-17-22-13-7-9-15-25(22)34(24)19-23-14-8-10-16-26(23)36(39)40/h4-18,29H,3,19H2,1-2H3/b27-18+/t29-/m0/s1. The van der Waals surface area contributed by atoms with Crippen molar-refractivity contribution < 1.29 is 14.5 Å². The summed E-state index contributed by atoms with van der Waals surface area (Å²) in [6.45, 7) is 3.94. The number of nitro benzene ring substituents is 1. The molecule has 0 saturated carbocycles. The molecule has 2 aromatic heterocycles. The lowest BCUT2D eigenvalue weighted by Gasteiger charge is -2.24. The molecule has 0 bridgehead atoms. The van der Waals surface area contributed by atoms with Gasteiger partial charge in [0.25, 0.3) is 11.2 Å². The SMILES string of the molecule is CCOC(=O)C1=C(C)N=c2s/c(=C/c3cc4ccccc4n3Cc3ccccc3[N+](=O)[O-])c(=O)n2[C@H]1c1ccccc1. The second-order valence-corrected chi connectivity index (χ2v) is 10.8. The summed E-state index contributed by atoms with van der Waals surface area (Å²) >= 11 is 1.24. The van der Waals surface area contributed by atoms with Crippen LogP contribution in [-0.2, 0) is 16.1 Å². The Kier molecular flexibility index (Phi) is 7.13. The molecule has 1 aliphatic rings. The molecule has 0 fully saturated rings. The highest BCUT2D eigenvalue weighted by Gasteiger charge is 2.33. The zero-order chi connectivity index (χ0) is 29.4. The maximum absolute atomic E-state index is 14.1. The first-order valence-electron chi connectivity index (χ1n) is 13.4. The minimum Gasteiger partial charge on any atom is -0.463 e. The number of carbonyl (C=O) groups excluding carboxylic acids is 1. The molecule has 5 aromatic rings. The second-order valence-electron chi connectivity index (χ2n) is 9.81. The highest BCUT2D eigenvalue weighted by molar-refractivity contribution is 7.07. The van der Waals surface area contributed by atoms with Crippen LogP contribution in [0.1, 0.15) is 36.7 Å². The maximum atomic E-state index is 14.1. The lowest BCUT2D eigenvalue weighted by atomic mass is 9.96. The van der Waals surface area contributed by atoms with E-state index in [1.165, 1.54) is 17.4 Å². The number of hydrogen-bond donors (Lipinski definition) is 0. The van der Waals surface area contributed by atoms with Gasteiger partial charge in [-0.25, -0.2) is 9.79 Å². The predicted molar refractivity (Wildman–Crippen MR) is 161 cm³/mol. The number of hydrogen-bond acceptors (Lipinski definition) is 7. The molecule has 9 nitrogen and oxygen atoms in total. The quantitative estimate of drug-likeness (QED) is 0.158. The molecule has 0 aliphatic carbocycles. The van der Waals surface area contributed by atoms with Crippen LogP contribution in [0.5, 0.6) is 0 Å². The van der Waals surface area contributed by atoms with Gasteiger partial charge in [-0.2, -0.15) is 0 Å². The average molecular weight is 579 g/mol. The Hall–Kier alpha value is -5.09. The van der Waals surface area contributed by atoms with Crippen LogP contribution in [0.2, 0.25) is 0 Å². The van der Waals surface area contributed by atoms with E-state index in [9.17, 15) is 19.7 Å². The van der Waals surface area contributed by atoms with Crippen molar-refractivity contribution in [2.75, 3.05) is 6.61 Å². The van der Waals surface area contributed by atoms with Gasteiger partial charge >= 0.3 is 5.97 Å². The smallest absolute Gasteiger partial charge is 0.338 e. The molecule has 1 atom stereocenters. The predicted octanol–water partition coefficient (Wildman–Crippen LogP) is 4.71. The van der Waals surface area contributed by atoms with Crippen molar-refractivity contribution in [3.63, 3.8) is 0 Å². The van der Waals surface area contributed by atoms with Gasteiger partial charge in [-0.15, -0.1) is 0 Å². The monoisotopic (exact) mass is 578 g/mol. The molecular formula is C32H26N4O5S. The van der Waals surface area contributed by atoms with Crippen molar-refractivity contribution in [2.24, 2.45) is 4.99 Å². The van der Waals surface area contributed by atoms with Crippen molar-refractivity contribution in [1.29, 1.82) is 0 Å². The normalized spacial score (nSPS) is 15.0. The summed E-state index contributed by atoms with van der Waals surface area (Å²) in [5.41, 5.74) is 3.50. The minimum atomic E-state index is -0.693. The fraction of sp³-hybridized carbons (Fsp3) is 0.156. The van der Waals surface area contributed by atoms with E-state index >= 15 is 0 Å². The van der Waals surface area contributed by atoms with Crippen molar-refractivity contribution >= 4 is 40.0 Å². The van der Waals surface area contributed by atoms with E-state index in [2.05, 4.69) is 4.99 Å². The van der Waals surface area contributed by atoms with Gasteiger partial charge < -0.3 is 9.30 Å². The second kappa shape index (κ2) is 11.1. The molecule has 0 amide bonds. The molecule has 0 radical (unpaired) electrons. The van der Waals surface area contributed by atoms with Crippen molar-refractivity contribution in [3.8, 4) is 0 Å². The van der Waals surface area contributed by atoms with Crippen molar-refractivity contribution in [2.45, 2.75) is 26.4 Å². The van der Waals surface area contributed by atoms with E-state index < -0.39 is 12.0 Å². The molecule has 10 heteroatoms. The number of ether oxygens (including phenoxy) is 1. The van der Waals surface area contributed by atoms with E-state index in [-0.39, 0.29) is 29.3 Å². The number of aromatic nitrogens is 2. The Balaban J connectivity index is 1.55. The average Bonchev–Trinajstić information content (AvgIpc) is 3.49. The van der Waals surface area contributed by atoms with Crippen LogP contribution in [-0.4, -0.2) is 26.6 Å². The molecule has 6 rings (SSSR count). The highest BCUT2D eigenvalue weighted by atomic mass is 32.1. The summed E-state index contributed by atoms with van der Waals surface area (Å²) in [6.07, 6.45) is 1.80. The number of fused-ring (bicyclic) bond motifs is 2. The van der Waals surface area contributed by atoms with Crippen molar-refractivity contribution in [3.05, 3.63) is 143 Å². The van der Waals surface area contributed by atoms with E-state index in [1.54, 1.807) is 42.7 Å². The molecule has 0 spiro atoms. The first-order valence-corrected chi connectivity index (χ1v) is 14.2. The number of nitrogens with zero attached hydrogens (tertiary/aromatic N) is 4. The number of allylic oxidation sites excluding steroid dienone is 1. The first-order chi connectivity index (χ1) is 20.4. The van der Waals surface area contributed by atoms with Crippen LogP contribution in [0.15, 0.2) is 106 Å². The van der Waals surface area contributed by atoms with E-state index in [0.29, 0.717) is 26.2 Å². The maximum Gasteiger partial charge on any atom is 0.338 e. The summed E-state index contributed by atoms with van der Waals surface area (Å²) in [6, 6.07) is 25.1. The van der Waals surface area contributed by atoms with E-state index in [0.717, 1.165) is 22.2 Å². The molecule has 1 aliphatic heterocycles. The number of esters is 1. The zero-order valence-electron chi connectivity index (χ0n) is 22.9. The van der Waals surface area contributed by atoms with Gasteiger partial charge in [0.1, 0.15) is 0 Å². The van der Waals surface area contributed by atoms with Crippen LogP contribution < -0.4 is 14.9 Å². The summed E-state index contributed by atoms with van der Waals surface area (Å²) in [5.74, 6) is -0.508. The summed E-state index contributed by atoms with van der Waals surface area (Å²) in [7, 11) is 0. The number of carbonyl (C=O) groups is 1. The van der Waals surface area contributed by atoms with Gasteiger partial charge in [-0.1, -0.05) is 78.1 Å². The van der Waals surface area contributed by atoms with Crippen LogP contribution in [0.3, 0.4) is 0 Å². The van der Waals surface area contributed by atoms with E-state index in [1.807, 2.05) is 65.2 Å². The number of para-hydroxylation sites is 2. The molecule has 0 unspecified atom stereocenters. The fourth-order valence-electron chi connectivity index (χ4n) is 5.40. The Labute approximate surface area is 244 Å². The lowest BCUT2D eigenvalue weighted by Crippen LogP contribution is -2.40. The topological polar surface area (TPSA) is 109 Å². The summed E-state index contributed by atoms with van der Waals surface area (Å²) < 4.78 is 9.32. The summed E-state index contributed by atoms with van der Waals surface area (Å²) in [4.78, 5) is 43.6. The number of rotatable bonds is 7. The number of nitro groups is 1. The van der Waals surface area contributed by atoms with Crippen LogP contribution in [0.4, 0.5) is 5.69 Å². The first kappa shape index (κ1) is 27.1. The molecule has 0 saturated heterocycles. The molecule has 3 heterocycles. The number of benzene rings is 3. The Morgan fingerprint density at radius 1 is 1.07 bits per heavy atom.